The summed E-state index contributed by atoms with van der Waals surface area (Å²) >= 11 is 0. The summed E-state index contributed by atoms with van der Waals surface area (Å²) in [5.41, 5.74) is 0. The Bertz CT molecular complexity index is 1280. The van der Waals surface area contributed by atoms with Gasteiger partial charge in [0, 0.05) is 0 Å². The van der Waals surface area contributed by atoms with Crippen LogP contribution in [0.4, 0.5) is 0 Å². The lowest BCUT2D eigenvalue weighted by atomic mass is 9.96. The molecular weight excluding hydrogens is 792 g/mol. The highest BCUT2D eigenvalue weighted by molar-refractivity contribution is 5.73. The van der Waals surface area contributed by atoms with Crippen molar-refractivity contribution in [2.45, 2.75) is 154 Å². The van der Waals surface area contributed by atoms with E-state index < -0.39 is 186 Å². The Morgan fingerprint density at radius 1 is 0.404 bits per heavy atom. The highest BCUT2D eigenvalue weighted by Gasteiger charge is 2.56. The van der Waals surface area contributed by atoms with E-state index in [4.69, 9.17) is 42.6 Å². The number of carboxylic acid groups (broad SMARTS) is 1. The fraction of sp³-hybridized carbons (Fsp3) is 0.967. The molecule has 0 aromatic carbocycles. The Labute approximate surface area is 320 Å². The minimum Gasteiger partial charge on any atom is -0.479 e. The van der Waals surface area contributed by atoms with Gasteiger partial charge >= 0.3 is 5.97 Å². The fourth-order valence-corrected chi connectivity index (χ4v) is 6.85. The zero-order chi connectivity index (χ0) is 42.2. The zero-order valence-electron chi connectivity index (χ0n) is 29.4. The Kier molecular flexibility index (Phi) is 15.9. The lowest BCUT2D eigenvalue weighted by Gasteiger charge is -2.48. The van der Waals surface area contributed by atoms with Crippen molar-refractivity contribution in [3.05, 3.63) is 0 Å². The quantitative estimate of drug-likeness (QED) is 0.0818. The van der Waals surface area contributed by atoms with Gasteiger partial charge in [-0.05, 0) is 0 Å². The van der Waals surface area contributed by atoms with Gasteiger partial charge in [0.05, 0.1) is 26.4 Å². The van der Waals surface area contributed by atoms with E-state index in [0.717, 1.165) is 0 Å². The molecule has 27 heteroatoms. The first-order valence-corrected chi connectivity index (χ1v) is 17.6. The number of rotatable bonds is 13. The molecule has 17 N–H and O–H groups in total. The predicted molar refractivity (Wildman–Crippen MR) is 167 cm³/mol. The summed E-state index contributed by atoms with van der Waals surface area (Å²) in [4.78, 5) is 12.3. The molecule has 5 aliphatic heterocycles. The van der Waals surface area contributed by atoms with Crippen molar-refractivity contribution in [1.29, 1.82) is 0 Å². The van der Waals surface area contributed by atoms with E-state index in [1.54, 1.807) is 0 Å². The third kappa shape index (κ3) is 9.53. The highest BCUT2D eigenvalue weighted by Crippen LogP contribution is 2.34. The van der Waals surface area contributed by atoms with Crippen LogP contribution in [0.1, 0.15) is 0 Å². The highest BCUT2D eigenvalue weighted by atomic mass is 16.8. The van der Waals surface area contributed by atoms with Crippen molar-refractivity contribution < 1.29 is 134 Å². The van der Waals surface area contributed by atoms with Crippen LogP contribution < -0.4 is 0 Å². The van der Waals surface area contributed by atoms with Crippen LogP contribution >= 0.6 is 0 Å². The first-order valence-electron chi connectivity index (χ1n) is 17.6. The van der Waals surface area contributed by atoms with Gasteiger partial charge in [-0.1, -0.05) is 0 Å². The van der Waals surface area contributed by atoms with Gasteiger partial charge in [-0.3, -0.25) is 0 Å². The molecule has 5 saturated heterocycles. The van der Waals surface area contributed by atoms with E-state index >= 15 is 0 Å². The van der Waals surface area contributed by atoms with Crippen LogP contribution in [0.2, 0.25) is 0 Å². The van der Waals surface area contributed by atoms with Crippen LogP contribution in [-0.2, 0) is 47.4 Å². The van der Waals surface area contributed by atoms with E-state index in [1.165, 1.54) is 0 Å². The molecule has 27 nitrogen and oxygen atoms in total. The van der Waals surface area contributed by atoms with Gasteiger partial charge in [0.1, 0.15) is 116 Å². The molecule has 0 spiro atoms. The Hall–Kier alpha value is -1.53. The molecule has 5 heterocycles. The second-order valence-electron chi connectivity index (χ2n) is 14.0. The van der Waals surface area contributed by atoms with Crippen LogP contribution in [-0.4, -0.2) is 273 Å². The largest absolute Gasteiger partial charge is 0.479 e. The van der Waals surface area contributed by atoms with Gasteiger partial charge in [-0.25, -0.2) is 4.79 Å². The molecule has 0 aliphatic carbocycles. The SMILES string of the molecule is O=C(O)[C@H]1O[C@H](O[C@H]2[C@H](OC[C@H]3O[C@H](O)[C@@H](O[C@H]4O[C@H](CO)[C@@H](O)[C@H](O)[C@@H]4O)[C@@H](O)[C@@H]3O)O[C@H](CO)[C@H](O)[C@@H]2O)[C@H](O)[C@@H](O)[C@@H]1O[C@@H]1O[C@H](CO)[C@@H](O)[C@H](O)[C@@H]1O. The van der Waals surface area contributed by atoms with Gasteiger partial charge in [0.15, 0.2) is 37.6 Å². The molecule has 0 unspecified atom stereocenters. The number of carbonyl (C=O) groups is 1. The Morgan fingerprint density at radius 2 is 0.772 bits per heavy atom. The zero-order valence-corrected chi connectivity index (χ0v) is 29.4. The van der Waals surface area contributed by atoms with Crippen molar-refractivity contribution in [3.8, 4) is 0 Å². The van der Waals surface area contributed by atoms with E-state index in [-0.39, 0.29) is 0 Å². The van der Waals surface area contributed by atoms with E-state index in [1.807, 2.05) is 0 Å². The first kappa shape index (κ1) is 46.5. The molecular formula is C30H50O27. The average molecular weight is 843 g/mol. The monoisotopic (exact) mass is 842 g/mol. The molecule has 5 aliphatic rings. The number of hydrogen-bond donors (Lipinski definition) is 17. The predicted octanol–water partition coefficient (Wildman–Crippen LogP) is -11.8. The fourth-order valence-electron chi connectivity index (χ4n) is 6.85. The summed E-state index contributed by atoms with van der Waals surface area (Å²) in [6.07, 6.45) is -48.7. The lowest BCUT2D eigenvalue weighted by Crippen LogP contribution is -2.67. The summed E-state index contributed by atoms with van der Waals surface area (Å²) in [6.45, 7) is -3.51. The summed E-state index contributed by atoms with van der Waals surface area (Å²) in [5, 5.41) is 175. The van der Waals surface area contributed by atoms with E-state index in [0.29, 0.717) is 0 Å². The summed E-state index contributed by atoms with van der Waals surface area (Å²) in [7, 11) is 0. The second-order valence-corrected chi connectivity index (χ2v) is 14.0. The van der Waals surface area contributed by atoms with E-state index in [2.05, 4.69) is 0 Å². The van der Waals surface area contributed by atoms with Gasteiger partial charge < -0.3 is 129 Å². The molecule has 0 amide bonds. The number of aliphatic hydroxyl groups excluding tert-OH is 16. The lowest BCUT2D eigenvalue weighted by molar-refractivity contribution is -0.385. The second kappa shape index (κ2) is 19.5. The van der Waals surface area contributed by atoms with Crippen molar-refractivity contribution in [2.75, 3.05) is 26.4 Å². The van der Waals surface area contributed by atoms with Crippen LogP contribution in [0.15, 0.2) is 0 Å². The number of carboxylic acids is 1. The van der Waals surface area contributed by atoms with Crippen LogP contribution in [0, 0.1) is 0 Å². The molecule has 5 rings (SSSR count). The topological polar surface area (TPSA) is 444 Å². The minimum absolute atomic E-state index is 0.830. The molecule has 5 fully saturated rings. The number of aliphatic hydroxyl groups is 16. The maximum Gasteiger partial charge on any atom is 0.335 e. The molecule has 0 aromatic heterocycles. The Balaban J connectivity index is 1.26. The van der Waals surface area contributed by atoms with Gasteiger partial charge in [-0.2, -0.15) is 0 Å². The third-order valence-electron chi connectivity index (χ3n) is 10.3. The molecule has 0 saturated carbocycles. The maximum atomic E-state index is 12.3. The summed E-state index contributed by atoms with van der Waals surface area (Å²) in [5.74, 6) is -1.85. The van der Waals surface area contributed by atoms with Gasteiger partial charge in [-0.15, -0.1) is 0 Å². The molecule has 332 valence electrons. The molecule has 0 aromatic rings. The first-order chi connectivity index (χ1) is 26.9. The normalized spacial score (nSPS) is 52.4. The van der Waals surface area contributed by atoms with Crippen molar-refractivity contribution in [3.63, 3.8) is 0 Å². The molecule has 25 atom stereocenters. The van der Waals surface area contributed by atoms with Crippen LogP contribution in [0.3, 0.4) is 0 Å². The van der Waals surface area contributed by atoms with E-state index in [9.17, 15) is 91.6 Å². The molecule has 0 bridgehead atoms. The van der Waals surface area contributed by atoms with Gasteiger partial charge in [0.2, 0.25) is 0 Å². The maximum absolute atomic E-state index is 12.3. The van der Waals surface area contributed by atoms with Crippen molar-refractivity contribution >= 4 is 5.97 Å². The van der Waals surface area contributed by atoms with Gasteiger partial charge in [0.25, 0.3) is 0 Å². The smallest absolute Gasteiger partial charge is 0.335 e. The number of ether oxygens (including phenoxy) is 9. The molecule has 0 radical (unpaired) electrons. The third-order valence-corrected chi connectivity index (χ3v) is 10.3. The van der Waals surface area contributed by atoms with Crippen molar-refractivity contribution in [1.82, 2.24) is 0 Å². The van der Waals surface area contributed by atoms with Crippen LogP contribution in [0.25, 0.3) is 0 Å². The standard InChI is InChI=1S/C30H50O27/c31-1-5-9(34)13(38)18(43)27(51-5)54-21-17(42)20(45)29(57-24(21)25(46)47)56-23-16(41)11(36)7(3-33)53-30(23)49-4-8-12(37)15(40)22(26(48)50-8)55-28-19(44)14(39)10(35)6(2-32)52-28/h5-24,26-45,48H,1-4H2,(H,46,47)/t5-,6-,7-,8-,9-,10-,11+,12-,13+,14+,15+,16+,17-,18+,19+,20-,21+,22+,23-,24+,26+,27+,28-,29+,30-/m1/s1. The molecule has 57 heavy (non-hydrogen) atoms. The average Bonchev–Trinajstić information content (AvgIpc) is 3.18. The Morgan fingerprint density at radius 3 is 1.26 bits per heavy atom. The summed E-state index contributed by atoms with van der Waals surface area (Å²) in [6, 6.07) is 0. The van der Waals surface area contributed by atoms with Crippen molar-refractivity contribution in [2.24, 2.45) is 0 Å². The number of hydrogen-bond acceptors (Lipinski definition) is 26. The minimum atomic E-state index is -2.28. The number of aliphatic carboxylic acids is 1. The summed E-state index contributed by atoms with van der Waals surface area (Å²) < 4.78 is 48.3. The van der Waals surface area contributed by atoms with Crippen LogP contribution in [0.5, 0.6) is 0 Å².